The van der Waals surface area contributed by atoms with Crippen molar-refractivity contribution in [2.75, 3.05) is 19.0 Å². The summed E-state index contributed by atoms with van der Waals surface area (Å²) in [6.07, 6.45) is -5.77. The molecule has 3 rings (SSSR count). The molecule has 1 aliphatic rings. The van der Waals surface area contributed by atoms with Crippen LogP contribution in [0, 0.1) is 0 Å². The molecule has 2 aromatic carbocycles. The molecule has 5 nitrogen and oxygen atoms in total. The number of alkyl halides is 3. The van der Waals surface area contributed by atoms with Crippen LogP contribution in [-0.2, 0) is 0 Å². The van der Waals surface area contributed by atoms with Gasteiger partial charge in [0.1, 0.15) is 12.7 Å². The molecule has 1 amide bonds. The number of phenols is 1. The Labute approximate surface area is 141 Å². The van der Waals surface area contributed by atoms with E-state index in [2.05, 4.69) is 5.32 Å². The predicted octanol–water partition coefficient (Wildman–Crippen LogP) is 3.53. The highest BCUT2D eigenvalue weighted by Gasteiger charge is 2.41. The number of hydrogen-bond acceptors (Lipinski definition) is 4. The second-order valence-electron chi connectivity index (χ2n) is 5.54. The van der Waals surface area contributed by atoms with Crippen LogP contribution in [0.3, 0.4) is 0 Å². The Kier molecular flexibility index (Phi) is 4.20. The maximum atomic E-state index is 13.0. The first-order chi connectivity index (χ1) is 11.8. The van der Waals surface area contributed by atoms with Gasteiger partial charge in [-0.15, -0.1) is 0 Å². The predicted molar refractivity (Wildman–Crippen MR) is 84.6 cm³/mol. The van der Waals surface area contributed by atoms with Gasteiger partial charge >= 0.3 is 6.18 Å². The van der Waals surface area contributed by atoms with Gasteiger partial charge in [-0.1, -0.05) is 24.3 Å². The molecule has 0 aliphatic carbocycles. The standard InChI is InChI=1S/C17H15F3N2O3/c1-25-13-8-4-6-11(14(13)23)15-21-12-7-3-2-5-10(12)16(24)22(15)9-17(18,19)20/h2-8,15,21,23H,9H2,1H3/t15-/m1/s1. The minimum absolute atomic E-state index is 0.109. The Balaban J connectivity index is 2.11. The zero-order valence-electron chi connectivity index (χ0n) is 13.2. The molecule has 0 fully saturated rings. The normalized spacial score (nSPS) is 17.0. The van der Waals surface area contributed by atoms with Crippen molar-refractivity contribution in [2.45, 2.75) is 12.3 Å². The molecule has 2 aromatic rings. The molecule has 0 spiro atoms. The highest BCUT2D eigenvalue weighted by molar-refractivity contribution is 6.01. The molecule has 0 saturated carbocycles. The third-order valence-electron chi connectivity index (χ3n) is 3.92. The number of aromatic hydroxyl groups is 1. The summed E-state index contributed by atoms with van der Waals surface area (Å²) < 4.78 is 44.1. The summed E-state index contributed by atoms with van der Waals surface area (Å²) in [6, 6.07) is 10.8. The summed E-state index contributed by atoms with van der Waals surface area (Å²) in [6.45, 7) is -1.45. The average Bonchev–Trinajstić information content (AvgIpc) is 2.57. The summed E-state index contributed by atoms with van der Waals surface area (Å²) in [5, 5.41) is 13.2. The lowest BCUT2D eigenvalue weighted by molar-refractivity contribution is -0.144. The fourth-order valence-electron chi connectivity index (χ4n) is 2.82. The number of amides is 1. The van der Waals surface area contributed by atoms with Gasteiger partial charge in [-0.3, -0.25) is 4.79 Å². The number of phenolic OH excluding ortho intramolecular Hbond substituents is 1. The highest BCUT2D eigenvalue weighted by Crippen LogP contribution is 2.41. The van der Waals surface area contributed by atoms with Crippen molar-refractivity contribution >= 4 is 11.6 Å². The summed E-state index contributed by atoms with van der Waals surface area (Å²) in [5.41, 5.74) is 0.662. The maximum absolute atomic E-state index is 13.0. The number of halogens is 3. The molecule has 0 radical (unpaired) electrons. The average molecular weight is 352 g/mol. The quantitative estimate of drug-likeness (QED) is 0.887. The fraction of sp³-hybridized carbons (Fsp3) is 0.235. The molecule has 0 unspecified atom stereocenters. The number of methoxy groups -OCH3 is 1. The first-order valence-electron chi connectivity index (χ1n) is 7.41. The molecule has 1 heterocycles. The summed E-state index contributed by atoms with van der Waals surface area (Å²) in [4.78, 5) is 13.3. The monoisotopic (exact) mass is 352 g/mol. The van der Waals surface area contributed by atoms with Crippen LogP contribution in [-0.4, -0.2) is 35.7 Å². The number of nitrogens with zero attached hydrogens (tertiary/aromatic N) is 1. The summed E-state index contributed by atoms with van der Waals surface area (Å²) >= 11 is 0. The first kappa shape index (κ1) is 16.9. The van der Waals surface area contributed by atoms with Gasteiger partial charge in [-0.2, -0.15) is 13.2 Å². The topological polar surface area (TPSA) is 61.8 Å². The van der Waals surface area contributed by atoms with Gasteiger partial charge in [-0.05, 0) is 18.2 Å². The van der Waals surface area contributed by atoms with Crippen molar-refractivity contribution in [3.63, 3.8) is 0 Å². The fourth-order valence-corrected chi connectivity index (χ4v) is 2.82. The van der Waals surface area contributed by atoms with Gasteiger partial charge in [-0.25, -0.2) is 0 Å². The number of fused-ring (bicyclic) bond motifs is 1. The van der Waals surface area contributed by atoms with Gasteiger partial charge in [0.25, 0.3) is 5.91 Å². The van der Waals surface area contributed by atoms with Crippen LogP contribution in [0.2, 0.25) is 0 Å². The van der Waals surface area contributed by atoms with Crippen molar-refractivity contribution in [3.05, 3.63) is 53.6 Å². The van der Waals surface area contributed by atoms with E-state index in [0.29, 0.717) is 10.6 Å². The molecule has 25 heavy (non-hydrogen) atoms. The Bertz CT molecular complexity index is 808. The molecule has 8 heteroatoms. The minimum atomic E-state index is -4.59. The zero-order valence-corrected chi connectivity index (χ0v) is 13.2. The second-order valence-corrected chi connectivity index (χ2v) is 5.54. The van der Waals surface area contributed by atoms with Crippen LogP contribution in [0.15, 0.2) is 42.5 Å². The molecule has 0 saturated heterocycles. The number of benzene rings is 2. The first-order valence-corrected chi connectivity index (χ1v) is 7.41. The molecule has 0 bridgehead atoms. The number of para-hydroxylation sites is 2. The maximum Gasteiger partial charge on any atom is 0.406 e. The smallest absolute Gasteiger partial charge is 0.406 e. The Morgan fingerprint density at radius 1 is 1.20 bits per heavy atom. The molecule has 2 N–H and O–H groups in total. The molecule has 1 atom stereocenters. The largest absolute Gasteiger partial charge is 0.504 e. The number of carbonyl (C=O) groups excluding carboxylic acids is 1. The van der Waals surface area contributed by atoms with Crippen LogP contribution in [0.25, 0.3) is 0 Å². The zero-order chi connectivity index (χ0) is 18.2. The van der Waals surface area contributed by atoms with Crippen molar-refractivity contribution < 1.29 is 27.8 Å². The lowest BCUT2D eigenvalue weighted by Crippen LogP contribution is -2.47. The Morgan fingerprint density at radius 3 is 2.60 bits per heavy atom. The molecular weight excluding hydrogens is 337 g/mol. The van der Waals surface area contributed by atoms with Gasteiger partial charge in [0.15, 0.2) is 11.5 Å². The van der Waals surface area contributed by atoms with Crippen LogP contribution < -0.4 is 10.1 Å². The Morgan fingerprint density at radius 2 is 1.92 bits per heavy atom. The Hall–Kier alpha value is -2.90. The molecule has 0 aromatic heterocycles. The van der Waals surface area contributed by atoms with Crippen LogP contribution >= 0.6 is 0 Å². The van der Waals surface area contributed by atoms with Gasteiger partial charge in [0.2, 0.25) is 0 Å². The van der Waals surface area contributed by atoms with E-state index in [0.717, 1.165) is 0 Å². The number of ether oxygens (including phenoxy) is 1. The van der Waals surface area contributed by atoms with Crippen molar-refractivity contribution in [2.24, 2.45) is 0 Å². The van der Waals surface area contributed by atoms with E-state index in [9.17, 15) is 23.1 Å². The number of nitrogens with one attached hydrogen (secondary N) is 1. The van der Waals surface area contributed by atoms with E-state index in [1.54, 1.807) is 18.2 Å². The van der Waals surface area contributed by atoms with Crippen molar-refractivity contribution in [3.8, 4) is 11.5 Å². The van der Waals surface area contributed by atoms with E-state index in [4.69, 9.17) is 4.74 Å². The summed E-state index contributed by atoms with van der Waals surface area (Å²) in [7, 11) is 1.33. The molecule has 1 aliphatic heterocycles. The third-order valence-corrected chi connectivity index (χ3v) is 3.92. The summed E-state index contributed by atoms with van der Waals surface area (Å²) in [5.74, 6) is -0.974. The highest BCUT2D eigenvalue weighted by atomic mass is 19.4. The van der Waals surface area contributed by atoms with Crippen LogP contribution in [0.4, 0.5) is 18.9 Å². The van der Waals surface area contributed by atoms with Gasteiger partial charge in [0, 0.05) is 11.3 Å². The van der Waals surface area contributed by atoms with Crippen LogP contribution in [0.5, 0.6) is 11.5 Å². The van der Waals surface area contributed by atoms with Crippen molar-refractivity contribution in [1.29, 1.82) is 0 Å². The number of anilines is 1. The molecular formula is C17H15F3N2O3. The van der Waals surface area contributed by atoms with E-state index in [-0.39, 0.29) is 22.6 Å². The van der Waals surface area contributed by atoms with Crippen LogP contribution in [0.1, 0.15) is 22.1 Å². The van der Waals surface area contributed by atoms with E-state index >= 15 is 0 Å². The van der Waals surface area contributed by atoms with Gasteiger partial charge in [0.05, 0.1) is 12.7 Å². The van der Waals surface area contributed by atoms with E-state index < -0.39 is 24.8 Å². The van der Waals surface area contributed by atoms with E-state index in [1.807, 2.05) is 0 Å². The van der Waals surface area contributed by atoms with Crippen molar-refractivity contribution in [1.82, 2.24) is 4.90 Å². The van der Waals surface area contributed by atoms with E-state index in [1.165, 1.54) is 31.4 Å². The third kappa shape index (κ3) is 3.19. The number of rotatable bonds is 3. The van der Waals surface area contributed by atoms with Gasteiger partial charge < -0.3 is 20.1 Å². The second kappa shape index (κ2) is 6.19. The lowest BCUT2D eigenvalue weighted by atomic mass is 10.0. The SMILES string of the molecule is COc1cccc([C@@H]2Nc3ccccc3C(=O)N2CC(F)(F)F)c1O. The number of carbonyl (C=O) groups is 1. The lowest BCUT2D eigenvalue weighted by Gasteiger charge is -2.38. The molecule has 132 valence electrons. The number of hydrogen-bond donors (Lipinski definition) is 2. The minimum Gasteiger partial charge on any atom is -0.504 e.